The fourth-order valence-corrected chi connectivity index (χ4v) is 6.63. The number of hydrogen-bond acceptors (Lipinski definition) is 5. The molecule has 1 fully saturated rings. The molecule has 11 heteroatoms. The molecule has 4 rings (SSSR count). The van der Waals surface area contributed by atoms with E-state index in [9.17, 15) is 18.0 Å². The van der Waals surface area contributed by atoms with E-state index in [1.165, 1.54) is 4.90 Å². The van der Waals surface area contributed by atoms with Crippen LogP contribution in [0.4, 0.5) is 5.69 Å². The summed E-state index contributed by atoms with van der Waals surface area (Å²) in [4.78, 5) is 29.6. The summed E-state index contributed by atoms with van der Waals surface area (Å²) in [5, 5.41) is 3.82. The van der Waals surface area contributed by atoms with Crippen LogP contribution in [-0.2, 0) is 32.6 Å². The number of nitrogens with one attached hydrogen (secondary N) is 1. The second-order valence-electron chi connectivity index (χ2n) is 10.6. The molecule has 1 saturated carbocycles. The number of rotatable bonds is 13. The molecule has 3 aromatic carbocycles. The SMILES string of the molecule is CCOc1ccc(N(CC(=O)N(Cc2c(Cl)cccc2Cl)[C@H](Cc2ccccc2)C(=O)NC2CCCC2)S(C)(=O)=O)cc1. The van der Waals surface area contributed by atoms with Crippen LogP contribution in [0.1, 0.15) is 43.7 Å². The molecule has 0 unspecified atom stereocenters. The Kier molecular flexibility index (Phi) is 11.3. The highest BCUT2D eigenvalue weighted by atomic mass is 35.5. The molecule has 0 spiro atoms. The molecule has 2 amide bonds. The molecule has 0 heterocycles. The summed E-state index contributed by atoms with van der Waals surface area (Å²) in [6, 6.07) is 20.0. The third-order valence-corrected chi connectivity index (χ3v) is 9.33. The minimum absolute atomic E-state index is 0.0167. The summed E-state index contributed by atoms with van der Waals surface area (Å²) >= 11 is 13.1. The van der Waals surface area contributed by atoms with Crippen LogP contribution in [0.5, 0.6) is 5.75 Å². The van der Waals surface area contributed by atoms with Crippen LogP contribution in [0.15, 0.2) is 72.8 Å². The standard InChI is InChI=1S/C32H37Cl2N3O5S/c1-3-42-26-18-16-25(17-19-26)37(43(2,40)41)22-31(38)36(21-27-28(33)14-9-15-29(27)34)30(20-23-10-5-4-6-11-23)32(39)35-24-12-7-8-13-24/h4-6,9-11,14-19,24,30H,3,7-8,12-13,20-22H2,1-2H3,(H,35,39)/t30-/m1/s1. The second-order valence-corrected chi connectivity index (χ2v) is 13.3. The van der Waals surface area contributed by atoms with Gasteiger partial charge in [0, 0.05) is 34.6 Å². The van der Waals surface area contributed by atoms with Crippen molar-refractivity contribution in [2.24, 2.45) is 0 Å². The highest BCUT2D eigenvalue weighted by molar-refractivity contribution is 7.92. The molecule has 3 aromatic rings. The zero-order valence-electron chi connectivity index (χ0n) is 24.3. The number of nitrogens with zero attached hydrogens (tertiary/aromatic N) is 2. The zero-order valence-corrected chi connectivity index (χ0v) is 26.7. The summed E-state index contributed by atoms with van der Waals surface area (Å²) in [5.41, 5.74) is 1.62. The maximum Gasteiger partial charge on any atom is 0.244 e. The van der Waals surface area contributed by atoms with Crippen molar-refractivity contribution in [2.75, 3.05) is 23.7 Å². The van der Waals surface area contributed by atoms with E-state index >= 15 is 0 Å². The van der Waals surface area contributed by atoms with Gasteiger partial charge in [-0.05, 0) is 61.7 Å². The minimum atomic E-state index is -3.89. The third kappa shape index (κ3) is 8.87. The molecule has 8 nitrogen and oxygen atoms in total. The van der Waals surface area contributed by atoms with Gasteiger partial charge in [0.15, 0.2) is 0 Å². The third-order valence-electron chi connectivity index (χ3n) is 7.48. The van der Waals surface area contributed by atoms with Gasteiger partial charge in [0.25, 0.3) is 0 Å². The number of benzene rings is 3. The number of carbonyl (C=O) groups excluding carboxylic acids is 2. The largest absolute Gasteiger partial charge is 0.494 e. The van der Waals surface area contributed by atoms with E-state index in [0.29, 0.717) is 33.7 Å². The van der Waals surface area contributed by atoms with Gasteiger partial charge in [0.1, 0.15) is 18.3 Å². The van der Waals surface area contributed by atoms with Crippen LogP contribution in [0.3, 0.4) is 0 Å². The Morgan fingerprint density at radius 1 is 0.953 bits per heavy atom. The molecule has 1 atom stereocenters. The number of anilines is 1. The Bertz CT molecular complexity index is 1480. The molecule has 43 heavy (non-hydrogen) atoms. The summed E-state index contributed by atoms with van der Waals surface area (Å²) < 4.78 is 32.5. The van der Waals surface area contributed by atoms with Gasteiger partial charge in [0.2, 0.25) is 21.8 Å². The van der Waals surface area contributed by atoms with Crippen molar-refractivity contribution in [1.29, 1.82) is 0 Å². The maximum absolute atomic E-state index is 14.3. The Hall–Kier alpha value is -3.27. The summed E-state index contributed by atoms with van der Waals surface area (Å²) in [7, 11) is -3.89. The van der Waals surface area contributed by atoms with E-state index in [1.54, 1.807) is 42.5 Å². The maximum atomic E-state index is 14.3. The van der Waals surface area contributed by atoms with Crippen LogP contribution in [0, 0.1) is 0 Å². The van der Waals surface area contributed by atoms with Crippen molar-refractivity contribution in [3.05, 3.63) is 94.0 Å². The van der Waals surface area contributed by atoms with Crippen LogP contribution in [-0.4, -0.2) is 56.6 Å². The first-order chi connectivity index (χ1) is 20.6. The van der Waals surface area contributed by atoms with Gasteiger partial charge in [-0.25, -0.2) is 8.42 Å². The molecular formula is C32H37Cl2N3O5S. The molecule has 1 N–H and O–H groups in total. The Balaban J connectivity index is 1.74. The number of carbonyl (C=O) groups is 2. The van der Waals surface area contributed by atoms with Crippen molar-refractivity contribution in [1.82, 2.24) is 10.2 Å². The summed E-state index contributed by atoms with van der Waals surface area (Å²) in [5.74, 6) is -0.301. The predicted molar refractivity (Wildman–Crippen MR) is 171 cm³/mol. The fourth-order valence-electron chi connectivity index (χ4n) is 5.26. The first kappa shape index (κ1) is 32.6. The van der Waals surface area contributed by atoms with Crippen molar-refractivity contribution >= 4 is 50.7 Å². The number of sulfonamides is 1. The zero-order chi connectivity index (χ0) is 31.0. The van der Waals surface area contributed by atoms with E-state index in [0.717, 1.165) is 41.8 Å². The Morgan fingerprint density at radius 3 is 2.16 bits per heavy atom. The number of halogens is 2. The van der Waals surface area contributed by atoms with E-state index in [2.05, 4.69) is 5.32 Å². The number of amides is 2. The van der Waals surface area contributed by atoms with Gasteiger partial charge in [-0.3, -0.25) is 13.9 Å². The van der Waals surface area contributed by atoms with Gasteiger partial charge in [-0.15, -0.1) is 0 Å². The lowest BCUT2D eigenvalue weighted by atomic mass is 10.0. The minimum Gasteiger partial charge on any atom is -0.494 e. The molecular weight excluding hydrogens is 609 g/mol. The van der Waals surface area contributed by atoms with E-state index in [-0.39, 0.29) is 24.9 Å². The fraction of sp³-hybridized carbons (Fsp3) is 0.375. The lowest BCUT2D eigenvalue weighted by molar-refractivity contribution is -0.140. The second kappa shape index (κ2) is 14.9. The lowest BCUT2D eigenvalue weighted by Gasteiger charge is -2.34. The lowest BCUT2D eigenvalue weighted by Crippen LogP contribution is -2.54. The molecule has 1 aliphatic carbocycles. The van der Waals surface area contributed by atoms with Gasteiger partial charge >= 0.3 is 0 Å². The average Bonchev–Trinajstić information content (AvgIpc) is 3.48. The monoisotopic (exact) mass is 645 g/mol. The molecule has 0 saturated heterocycles. The smallest absolute Gasteiger partial charge is 0.244 e. The first-order valence-corrected chi connectivity index (χ1v) is 16.9. The summed E-state index contributed by atoms with van der Waals surface area (Å²) in [6.07, 6.45) is 5.05. The Morgan fingerprint density at radius 2 is 1.58 bits per heavy atom. The quantitative estimate of drug-likeness (QED) is 0.251. The van der Waals surface area contributed by atoms with Crippen LogP contribution < -0.4 is 14.4 Å². The first-order valence-electron chi connectivity index (χ1n) is 14.3. The summed E-state index contributed by atoms with van der Waals surface area (Å²) in [6.45, 7) is 1.69. The van der Waals surface area contributed by atoms with Gasteiger partial charge in [-0.1, -0.05) is 72.4 Å². The van der Waals surface area contributed by atoms with Crippen molar-refractivity contribution in [2.45, 2.75) is 57.7 Å². The highest BCUT2D eigenvalue weighted by Crippen LogP contribution is 2.29. The molecule has 0 radical (unpaired) electrons. The van der Waals surface area contributed by atoms with E-state index in [1.807, 2.05) is 37.3 Å². The Labute approximate surface area is 264 Å². The van der Waals surface area contributed by atoms with Gasteiger partial charge < -0.3 is 15.0 Å². The van der Waals surface area contributed by atoms with Gasteiger partial charge in [-0.2, -0.15) is 0 Å². The van der Waals surface area contributed by atoms with Crippen molar-refractivity contribution < 1.29 is 22.7 Å². The van der Waals surface area contributed by atoms with Crippen molar-refractivity contribution in [3.63, 3.8) is 0 Å². The van der Waals surface area contributed by atoms with Crippen LogP contribution in [0.2, 0.25) is 10.0 Å². The van der Waals surface area contributed by atoms with Crippen molar-refractivity contribution in [3.8, 4) is 5.75 Å². The predicted octanol–water partition coefficient (Wildman–Crippen LogP) is 5.86. The van der Waals surface area contributed by atoms with Crippen LogP contribution in [0.25, 0.3) is 0 Å². The molecule has 0 bridgehead atoms. The average molecular weight is 647 g/mol. The highest BCUT2D eigenvalue weighted by Gasteiger charge is 2.35. The molecule has 1 aliphatic rings. The van der Waals surface area contributed by atoms with Crippen LogP contribution >= 0.6 is 23.2 Å². The van der Waals surface area contributed by atoms with E-state index in [4.69, 9.17) is 27.9 Å². The number of ether oxygens (including phenoxy) is 1. The molecule has 0 aromatic heterocycles. The van der Waals surface area contributed by atoms with Gasteiger partial charge in [0.05, 0.1) is 18.6 Å². The molecule has 230 valence electrons. The normalized spacial score (nSPS) is 14.2. The van der Waals surface area contributed by atoms with E-state index < -0.39 is 28.5 Å². The number of hydrogen-bond donors (Lipinski definition) is 1. The topological polar surface area (TPSA) is 96.0 Å². The molecule has 0 aliphatic heterocycles.